The summed E-state index contributed by atoms with van der Waals surface area (Å²) < 4.78 is 62.9. The summed E-state index contributed by atoms with van der Waals surface area (Å²) in [5.41, 5.74) is 1.58. The number of halogens is 1. The van der Waals surface area contributed by atoms with Crippen LogP contribution in [-0.4, -0.2) is 75.9 Å². The molecule has 4 rings (SSSR count). The lowest BCUT2D eigenvalue weighted by Gasteiger charge is -2.33. The highest BCUT2D eigenvalue weighted by Crippen LogP contribution is 2.31. The van der Waals surface area contributed by atoms with Gasteiger partial charge in [-0.2, -0.15) is 4.31 Å². The number of aryl methyl sites for hydroxylation is 1. The Bertz CT molecular complexity index is 1660. The number of amides is 1. The van der Waals surface area contributed by atoms with E-state index in [0.717, 1.165) is 5.56 Å². The van der Waals surface area contributed by atoms with E-state index in [2.05, 4.69) is 4.72 Å². The first kappa shape index (κ1) is 32.7. The minimum absolute atomic E-state index is 0.0388. The van der Waals surface area contributed by atoms with E-state index in [9.17, 15) is 26.7 Å². The number of rotatable bonds is 9. The van der Waals surface area contributed by atoms with Crippen molar-refractivity contribution in [2.45, 2.75) is 49.1 Å². The number of hydrogen-bond acceptors (Lipinski definition) is 7. The van der Waals surface area contributed by atoms with Gasteiger partial charge in [-0.1, -0.05) is 36.2 Å². The summed E-state index contributed by atoms with van der Waals surface area (Å²) in [6.45, 7) is 5.34. The maximum atomic E-state index is 13.5. The SMILES string of the molecule is Cc1ccc(S(=O)(=O)Nc2ccc3c(c2)CC(=O)N([C@@H](C)CO)C[C@@H](C)[C@@H](CN(C)S(=O)(=O)c2ccc(Cl)cc2)O3)cc1. The number of anilines is 1. The molecule has 43 heavy (non-hydrogen) atoms. The van der Waals surface area contributed by atoms with Crippen LogP contribution in [0.1, 0.15) is 25.0 Å². The van der Waals surface area contributed by atoms with Crippen LogP contribution >= 0.6 is 11.6 Å². The summed E-state index contributed by atoms with van der Waals surface area (Å²) in [5.74, 6) is -0.287. The standard InChI is InChI=1S/C30H36ClN3O7S2/c1-20-5-10-26(11-6-20)42(37,38)32-25-9-14-28-23(15-25)16-30(36)34(22(3)19-35)17-21(2)29(41-28)18-33(4)43(39,40)27-12-7-24(31)8-13-27/h5-15,21-22,29,32,35H,16-19H2,1-4H3/t21-,22+,29-/m1/s1. The molecular formula is C30H36ClN3O7S2. The molecule has 2 N–H and O–H groups in total. The Hall–Kier alpha value is -3.16. The molecule has 0 fully saturated rings. The number of likely N-dealkylation sites (N-methyl/N-ethyl adjacent to an activating group) is 1. The number of hydrogen-bond donors (Lipinski definition) is 2. The molecule has 0 aliphatic carbocycles. The van der Waals surface area contributed by atoms with Crippen molar-refractivity contribution in [1.29, 1.82) is 0 Å². The molecule has 10 nitrogen and oxygen atoms in total. The van der Waals surface area contributed by atoms with Crippen LogP contribution in [0.5, 0.6) is 5.75 Å². The first-order valence-electron chi connectivity index (χ1n) is 13.7. The second-order valence-electron chi connectivity index (χ2n) is 10.9. The molecule has 0 aromatic heterocycles. The first-order valence-corrected chi connectivity index (χ1v) is 17.0. The van der Waals surface area contributed by atoms with Gasteiger partial charge in [0.1, 0.15) is 11.9 Å². The Labute approximate surface area is 258 Å². The lowest BCUT2D eigenvalue weighted by molar-refractivity contribution is -0.134. The third kappa shape index (κ3) is 7.68. The molecule has 1 aliphatic heterocycles. The number of carbonyl (C=O) groups excluding carboxylic acids is 1. The molecule has 13 heteroatoms. The minimum Gasteiger partial charge on any atom is -0.488 e. The minimum atomic E-state index is -3.90. The molecule has 0 unspecified atom stereocenters. The number of ether oxygens (including phenoxy) is 1. The number of aliphatic hydroxyl groups is 1. The van der Waals surface area contributed by atoms with Crippen LogP contribution in [0.15, 0.2) is 76.5 Å². The predicted molar refractivity (Wildman–Crippen MR) is 165 cm³/mol. The van der Waals surface area contributed by atoms with E-state index >= 15 is 0 Å². The molecule has 232 valence electrons. The van der Waals surface area contributed by atoms with Crippen molar-refractivity contribution in [3.05, 3.63) is 82.9 Å². The molecule has 3 aromatic rings. The third-order valence-electron chi connectivity index (χ3n) is 7.46. The van der Waals surface area contributed by atoms with Crippen molar-refractivity contribution >= 4 is 43.2 Å². The van der Waals surface area contributed by atoms with Crippen molar-refractivity contribution in [3.63, 3.8) is 0 Å². The fourth-order valence-electron chi connectivity index (χ4n) is 4.78. The Morgan fingerprint density at radius 2 is 1.67 bits per heavy atom. The number of sulfonamides is 2. The van der Waals surface area contributed by atoms with Gasteiger partial charge in [-0.05, 0) is 68.4 Å². The van der Waals surface area contributed by atoms with Gasteiger partial charge < -0.3 is 14.7 Å². The van der Waals surface area contributed by atoms with Crippen LogP contribution in [0.4, 0.5) is 5.69 Å². The fourth-order valence-corrected chi connectivity index (χ4v) is 7.14. The maximum Gasteiger partial charge on any atom is 0.261 e. The van der Waals surface area contributed by atoms with Crippen LogP contribution in [0, 0.1) is 12.8 Å². The van der Waals surface area contributed by atoms with E-state index in [-0.39, 0.29) is 53.4 Å². The topological polar surface area (TPSA) is 133 Å². The number of aliphatic hydroxyl groups excluding tert-OH is 1. The second-order valence-corrected chi connectivity index (χ2v) is 15.0. The summed E-state index contributed by atoms with van der Waals surface area (Å²) in [7, 11) is -6.34. The van der Waals surface area contributed by atoms with Crippen LogP contribution < -0.4 is 9.46 Å². The summed E-state index contributed by atoms with van der Waals surface area (Å²) in [6.07, 6.45) is -0.807. The van der Waals surface area contributed by atoms with Gasteiger partial charge in [0, 0.05) is 35.8 Å². The number of benzene rings is 3. The summed E-state index contributed by atoms with van der Waals surface area (Å²) in [4.78, 5) is 15.2. The second kappa shape index (κ2) is 13.2. The van der Waals surface area contributed by atoms with Crippen molar-refractivity contribution in [2.75, 3.05) is 31.5 Å². The zero-order valence-electron chi connectivity index (χ0n) is 24.4. The number of nitrogens with one attached hydrogen (secondary N) is 1. The molecule has 1 amide bonds. The average molecular weight is 650 g/mol. The molecule has 0 spiro atoms. The zero-order valence-corrected chi connectivity index (χ0v) is 26.8. The molecule has 3 aromatic carbocycles. The van der Waals surface area contributed by atoms with E-state index in [4.69, 9.17) is 16.3 Å². The zero-order chi connectivity index (χ0) is 31.5. The molecule has 0 saturated carbocycles. The van der Waals surface area contributed by atoms with E-state index in [0.29, 0.717) is 16.3 Å². The lowest BCUT2D eigenvalue weighted by atomic mass is 10.0. The van der Waals surface area contributed by atoms with Crippen LogP contribution in [-0.2, 0) is 31.3 Å². The highest BCUT2D eigenvalue weighted by Gasteiger charge is 2.33. The lowest BCUT2D eigenvalue weighted by Crippen LogP contribution is -2.48. The predicted octanol–water partition coefficient (Wildman–Crippen LogP) is 3.92. The van der Waals surface area contributed by atoms with Gasteiger partial charge in [0.25, 0.3) is 10.0 Å². The van der Waals surface area contributed by atoms with Crippen molar-refractivity contribution in [2.24, 2.45) is 5.92 Å². The van der Waals surface area contributed by atoms with E-state index < -0.39 is 32.2 Å². The van der Waals surface area contributed by atoms with Crippen LogP contribution in [0.2, 0.25) is 5.02 Å². The van der Waals surface area contributed by atoms with Crippen molar-refractivity contribution in [3.8, 4) is 5.75 Å². The fraction of sp³-hybridized carbons (Fsp3) is 0.367. The molecule has 1 heterocycles. The van der Waals surface area contributed by atoms with Gasteiger partial charge in [0.2, 0.25) is 15.9 Å². The number of carbonyl (C=O) groups is 1. The molecule has 0 bridgehead atoms. The smallest absolute Gasteiger partial charge is 0.261 e. The highest BCUT2D eigenvalue weighted by molar-refractivity contribution is 7.92. The van der Waals surface area contributed by atoms with E-state index in [1.165, 1.54) is 53.8 Å². The van der Waals surface area contributed by atoms with Gasteiger partial charge in [0.15, 0.2) is 0 Å². The van der Waals surface area contributed by atoms with Gasteiger partial charge in [-0.25, -0.2) is 16.8 Å². The van der Waals surface area contributed by atoms with Crippen LogP contribution in [0.25, 0.3) is 0 Å². The summed E-state index contributed by atoms with van der Waals surface area (Å²) in [5, 5.41) is 10.3. The van der Waals surface area contributed by atoms with Gasteiger partial charge in [-0.3, -0.25) is 9.52 Å². The largest absolute Gasteiger partial charge is 0.488 e. The van der Waals surface area contributed by atoms with Crippen LogP contribution in [0.3, 0.4) is 0 Å². The molecule has 0 saturated heterocycles. The van der Waals surface area contributed by atoms with Gasteiger partial charge >= 0.3 is 0 Å². The van der Waals surface area contributed by atoms with Gasteiger partial charge in [0.05, 0.1) is 35.4 Å². The molecule has 1 aliphatic rings. The Morgan fingerprint density at radius 1 is 1.05 bits per heavy atom. The van der Waals surface area contributed by atoms with Crippen molar-refractivity contribution < 1.29 is 31.5 Å². The number of fused-ring (bicyclic) bond motifs is 1. The van der Waals surface area contributed by atoms with Gasteiger partial charge in [-0.15, -0.1) is 0 Å². The summed E-state index contributed by atoms with van der Waals surface area (Å²) >= 11 is 5.94. The third-order valence-corrected chi connectivity index (χ3v) is 10.9. The molecule has 0 radical (unpaired) electrons. The molecular weight excluding hydrogens is 614 g/mol. The maximum absolute atomic E-state index is 13.5. The Kier molecular flexibility index (Phi) is 10.1. The Balaban J connectivity index is 1.68. The van der Waals surface area contributed by atoms with E-state index in [1.54, 1.807) is 36.1 Å². The summed E-state index contributed by atoms with van der Waals surface area (Å²) in [6, 6.07) is 16.4. The monoisotopic (exact) mass is 649 g/mol. The Morgan fingerprint density at radius 3 is 2.30 bits per heavy atom. The first-order chi connectivity index (χ1) is 20.2. The van der Waals surface area contributed by atoms with E-state index in [1.807, 2.05) is 13.8 Å². The van der Waals surface area contributed by atoms with Crippen molar-refractivity contribution in [1.82, 2.24) is 9.21 Å². The highest BCUT2D eigenvalue weighted by atomic mass is 35.5. The number of nitrogens with zero attached hydrogens (tertiary/aromatic N) is 2. The molecule has 3 atom stereocenters. The quantitative estimate of drug-likeness (QED) is 0.359. The average Bonchev–Trinajstić information content (AvgIpc) is 3.00. The normalized spacial score (nSPS) is 18.7.